The molecule has 0 bridgehead atoms. The zero-order chi connectivity index (χ0) is 20.4. The Kier molecular flexibility index (Phi) is 9.63. The molecule has 0 aliphatic carbocycles. The van der Waals surface area contributed by atoms with Crippen LogP contribution in [0, 0.1) is 5.41 Å². The van der Waals surface area contributed by atoms with Gasteiger partial charge in [0.25, 0.3) is 0 Å². The molecule has 27 heavy (non-hydrogen) atoms. The first kappa shape index (κ1) is 23.3. The van der Waals surface area contributed by atoms with Crippen LogP contribution in [0.25, 0.3) is 0 Å². The van der Waals surface area contributed by atoms with Crippen molar-refractivity contribution in [2.75, 3.05) is 20.2 Å². The van der Waals surface area contributed by atoms with Crippen molar-refractivity contribution in [1.82, 2.24) is 10.3 Å². The minimum atomic E-state index is 0.134. The van der Waals surface area contributed by atoms with Crippen LogP contribution in [0.1, 0.15) is 33.3 Å². The number of nitrogens with zero attached hydrogens (tertiary/aromatic N) is 1. The lowest BCUT2D eigenvalue weighted by Crippen LogP contribution is -2.33. The van der Waals surface area contributed by atoms with Crippen molar-refractivity contribution in [3.63, 3.8) is 0 Å². The van der Waals surface area contributed by atoms with Gasteiger partial charge in [0, 0.05) is 36.0 Å². The predicted octanol–water partition coefficient (Wildman–Crippen LogP) is 4.03. The summed E-state index contributed by atoms with van der Waals surface area (Å²) in [4.78, 5) is 0. The Morgan fingerprint density at radius 3 is 2.41 bits per heavy atom. The van der Waals surface area contributed by atoms with Crippen LogP contribution in [-0.2, 0) is 6.54 Å². The molecule has 1 aromatic rings. The molecule has 150 valence electrons. The molecule has 5 N–H and O–H groups in total. The van der Waals surface area contributed by atoms with Crippen LogP contribution in [0.3, 0.4) is 0 Å². The lowest BCUT2D eigenvalue weighted by Gasteiger charge is -2.24. The van der Waals surface area contributed by atoms with Gasteiger partial charge in [-0.05, 0) is 63.7 Å². The second kappa shape index (κ2) is 11.2. The number of methoxy groups -OCH3 is 1. The zero-order valence-corrected chi connectivity index (χ0v) is 18.6. The summed E-state index contributed by atoms with van der Waals surface area (Å²) in [6, 6.07) is 7.99. The van der Waals surface area contributed by atoms with Gasteiger partial charge < -0.3 is 20.8 Å². The average molecular weight is 437 g/mol. The molecular formula is C21H33BrN4O. The van der Waals surface area contributed by atoms with E-state index in [0.29, 0.717) is 13.1 Å². The Labute approximate surface area is 172 Å². The number of ether oxygens (including phenoxy) is 1. The van der Waals surface area contributed by atoms with Gasteiger partial charge in [-0.1, -0.05) is 32.9 Å². The van der Waals surface area contributed by atoms with Crippen molar-refractivity contribution in [3.05, 3.63) is 63.9 Å². The maximum atomic E-state index is 6.04. The second-order valence-corrected chi connectivity index (χ2v) is 8.45. The van der Waals surface area contributed by atoms with Crippen LogP contribution < -0.4 is 21.6 Å². The van der Waals surface area contributed by atoms with Crippen molar-refractivity contribution in [3.8, 4) is 5.75 Å². The third kappa shape index (κ3) is 9.13. The smallest absolute Gasteiger partial charge is 0.118 e. The molecular weight excluding hydrogens is 404 g/mol. The molecule has 5 nitrogen and oxygen atoms in total. The molecule has 0 heterocycles. The number of benzene rings is 1. The van der Waals surface area contributed by atoms with Crippen LogP contribution in [0.4, 0.5) is 0 Å². The fourth-order valence-electron chi connectivity index (χ4n) is 2.32. The third-order valence-corrected chi connectivity index (χ3v) is 4.86. The highest BCUT2D eigenvalue weighted by Crippen LogP contribution is 2.20. The largest absolute Gasteiger partial charge is 0.497 e. The van der Waals surface area contributed by atoms with Crippen molar-refractivity contribution in [2.45, 2.75) is 34.2 Å². The quantitative estimate of drug-likeness (QED) is 0.309. The first-order valence-corrected chi connectivity index (χ1v) is 9.78. The average Bonchev–Trinajstić information content (AvgIpc) is 2.62. The summed E-state index contributed by atoms with van der Waals surface area (Å²) < 4.78 is 6.16. The molecule has 0 unspecified atom stereocenters. The Morgan fingerprint density at radius 2 is 1.89 bits per heavy atom. The number of nitrogens with two attached hydrogens (primary N) is 2. The van der Waals surface area contributed by atoms with Gasteiger partial charge in [0.05, 0.1) is 7.11 Å². The van der Waals surface area contributed by atoms with Gasteiger partial charge in [-0.25, -0.2) is 5.84 Å². The Bertz CT molecular complexity index is 672. The fourth-order valence-corrected chi connectivity index (χ4v) is 2.75. The van der Waals surface area contributed by atoms with E-state index in [-0.39, 0.29) is 5.41 Å². The van der Waals surface area contributed by atoms with E-state index < -0.39 is 0 Å². The number of rotatable bonds is 9. The van der Waals surface area contributed by atoms with Crippen LogP contribution in [-0.4, -0.2) is 25.2 Å². The Morgan fingerprint density at radius 1 is 1.26 bits per heavy atom. The molecule has 0 saturated carbocycles. The molecule has 0 aliphatic rings. The van der Waals surface area contributed by atoms with Crippen LogP contribution >= 0.6 is 15.9 Å². The van der Waals surface area contributed by atoms with Gasteiger partial charge in [0.15, 0.2) is 0 Å². The lowest BCUT2D eigenvalue weighted by molar-refractivity contribution is 0.256. The van der Waals surface area contributed by atoms with E-state index >= 15 is 0 Å². The highest BCUT2D eigenvalue weighted by atomic mass is 79.9. The molecule has 0 spiro atoms. The van der Waals surface area contributed by atoms with Gasteiger partial charge in [0.1, 0.15) is 5.75 Å². The zero-order valence-electron chi connectivity index (χ0n) is 17.1. The van der Waals surface area contributed by atoms with Gasteiger partial charge in [-0.3, -0.25) is 0 Å². The van der Waals surface area contributed by atoms with Crippen molar-refractivity contribution < 1.29 is 4.74 Å². The van der Waals surface area contributed by atoms with Gasteiger partial charge in [-0.2, -0.15) is 0 Å². The van der Waals surface area contributed by atoms with Crippen molar-refractivity contribution in [2.24, 2.45) is 17.0 Å². The molecule has 0 aromatic heterocycles. The minimum Gasteiger partial charge on any atom is -0.497 e. The van der Waals surface area contributed by atoms with Crippen LogP contribution in [0.15, 0.2) is 58.4 Å². The standard InChI is InChI=1S/C21H33BrN4O/c1-16(13-23)20(22)19(7-6-12-26(24)15-21(2,3)4)25-14-17-8-10-18(27-5)11-9-17/h6-12,25H,13-15,23-24H2,1-5H3/b12-6+,19-7+,20-16-. The maximum Gasteiger partial charge on any atom is 0.118 e. The van der Waals surface area contributed by atoms with E-state index in [1.165, 1.54) is 0 Å². The summed E-state index contributed by atoms with van der Waals surface area (Å²) in [5.74, 6) is 6.89. The molecule has 0 radical (unpaired) electrons. The number of allylic oxidation sites excluding steroid dienone is 3. The highest BCUT2D eigenvalue weighted by Gasteiger charge is 2.11. The maximum absolute atomic E-state index is 6.04. The van der Waals surface area contributed by atoms with Gasteiger partial charge in [-0.15, -0.1) is 0 Å². The highest BCUT2D eigenvalue weighted by molar-refractivity contribution is 9.12. The topological polar surface area (TPSA) is 76.5 Å². The number of nitrogens with one attached hydrogen (secondary N) is 1. The molecule has 0 fully saturated rings. The molecule has 0 saturated heterocycles. The van der Waals surface area contributed by atoms with E-state index in [1.54, 1.807) is 12.1 Å². The first-order chi connectivity index (χ1) is 12.7. The lowest BCUT2D eigenvalue weighted by atomic mass is 9.97. The van der Waals surface area contributed by atoms with E-state index in [9.17, 15) is 0 Å². The Balaban J connectivity index is 2.89. The van der Waals surface area contributed by atoms with E-state index in [0.717, 1.165) is 33.6 Å². The predicted molar refractivity (Wildman–Crippen MR) is 118 cm³/mol. The van der Waals surface area contributed by atoms with Gasteiger partial charge >= 0.3 is 0 Å². The van der Waals surface area contributed by atoms with E-state index in [2.05, 4.69) is 42.0 Å². The molecule has 1 aromatic carbocycles. The van der Waals surface area contributed by atoms with Crippen molar-refractivity contribution >= 4 is 15.9 Å². The fraction of sp³-hybridized carbons (Fsp3) is 0.429. The number of hydrazine groups is 1. The van der Waals surface area contributed by atoms with Crippen LogP contribution in [0.5, 0.6) is 5.75 Å². The monoisotopic (exact) mass is 436 g/mol. The minimum absolute atomic E-state index is 0.134. The molecule has 0 amide bonds. The normalized spacial score (nSPS) is 13.6. The van der Waals surface area contributed by atoms with Crippen LogP contribution in [0.2, 0.25) is 0 Å². The van der Waals surface area contributed by atoms with E-state index in [4.69, 9.17) is 16.3 Å². The molecule has 6 heteroatoms. The number of hydrogen-bond donors (Lipinski definition) is 3. The second-order valence-electron chi connectivity index (χ2n) is 7.65. The van der Waals surface area contributed by atoms with E-state index in [1.807, 2.05) is 49.5 Å². The number of hydrogen-bond acceptors (Lipinski definition) is 5. The third-order valence-electron chi connectivity index (χ3n) is 3.76. The summed E-state index contributed by atoms with van der Waals surface area (Å²) >= 11 is 3.65. The van der Waals surface area contributed by atoms with Crippen molar-refractivity contribution in [1.29, 1.82) is 0 Å². The molecule has 1 rings (SSSR count). The number of halogens is 1. The SMILES string of the molecule is COc1ccc(CNC(=C/C=C/N(N)CC(C)(C)C)/C(Br)=C(\C)CN)cc1. The summed E-state index contributed by atoms with van der Waals surface area (Å²) in [7, 11) is 1.67. The summed E-state index contributed by atoms with van der Waals surface area (Å²) in [6.45, 7) is 10.4. The van der Waals surface area contributed by atoms with Gasteiger partial charge in [0.2, 0.25) is 0 Å². The first-order valence-electron chi connectivity index (χ1n) is 8.98. The summed E-state index contributed by atoms with van der Waals surface area (Å²) in [6.07, 6.45) is 5.81. The molecule has 0 atom stereocenters. The Hall–Kier alpha value is -1.76. The molecule has 0 aliphatic heterocycles. The summed E-state index contributed by atoms with van der Waals surface area (Å²) in [5.41, 5.74) is 9.10. The summed E-state index contributed by atoms with van der Waals surface area (Å²) in [5, 5.41) is 5.16.